The van der Waals surface area contributed by atoms with Gasteiger partial charge in [-0.15, -0.1) is 0 Å². The summed E-state index contributed by atoms with van der Waals surface area (Å²) < 4.78 is 0. The average Bonchev–Trinajstić information content (AvgIpc) is 3.06. The SMILES string of the molecule is C=C1CCC(O)CC1=CC=C1CCC[C@]2(C)[C@@H]([C@H](C)CC[C@H](CC)C(C)C)CC[C@@H]12. The molecule has 1 unspecified atom stereocenters. The van der Waals surface area contributed by atoms with E-state index in [0.29, 0.717) is 5.41 Å². The molecule has 0 aromatic heterocycles. The smallest absolute Gasteiger partial charge is 0.0583 e. The van der Waals surface area contributed by atoms with Gasteiger partial charge in [0.2, 0.25) is 0 Å². The summed E-state index contributed by atoms with van der Waals surface area (Å²) in [6, 6.07) is 0. The molecule has 6 atom stereocenters. The highest BCUT2D eigenvalue weighted by Gasteiger charge is 2.50. The molecule has 3 aliphatic rings. The van der Waals surface area contributed by atoms with Crippen molar-refractivity contribution < 1.29 is 5.11 Å². The van der Waals surface area contributed by atoms with Crippen molar-refractivity contribution in [1.29, 1.82) is 0 Å². The third kappa shape index (κ3) is 5.14. The second-order valence-corrected chi connectivity index (χ2v) is 11.5. The Bertz CT molecular complexity index is 653. The number of allylic oxidation sites excluding steroid dienone is 4. The molecule has 3 saturated carbocycles. The van der Waals surface area contributed by atoms with Crippen LogP contribution in [0, 0.1) is 35.0 Å². The second-order valence-electron chi connectivity index (χ2n) is 11.5. The van der Waals surface area contributed by atoms with E-state index in [2.05, 4.69) is 53.3 Å². The van der Waals surface area contributed by atoms with E-state index < -0.39 is 0 Å². The Hall–Kier alpha value is -0.820. The number of aliphatic hydroxyl groups excluding tert-OH is 1. The third-order valence-corrected chi connectivity index (χ3v) is 9.37. The molecule has 0 aromatic rings. The van der Waals surface area contributed by atoms with Crippen LogP contribution in [-0.2, 0) is 0 Å². The topological polar surface area (TPSA) is 20.2 Å². The van der Waals surface area contributed by atoms with Gasteiger partial charge in [-0.05, 0) is 98.4 Å². The van der Waals surface area contributed by atoms with Gasteiger partial charge in [-0.3, -0.25) is 0 Å². The Morgan fingerprint density at radius 3 is 2.57 bits per heavy atom. The first kappa shape index (κ1) is 23.8. The fourth-order valence-corrected chi connectivity index (χ4v) is 7.30. The molecule has 170 valence electrons. The predicted octanol–water partition coefficient (Wildman–Crippen LogP) is 8.26. The first-order valence-electron chi connectivity index (χ1n) is 13.0. The summed E-state index contributed by atoms with van der Waals surface area (Å²) in [5.74, 6) is 4.21. The molecule has 0 amide bonds. The van der Waals surface area contributed by atoms with E-state index in [1.165, 1.54) is 62.5 Å². The quantitative estimate of drug-likeness (QED) is 0.446. The fraction of sp³-hybridized carbons (Fsp3) is 0.793. The Morgan fingerprint density at radius 1 is 1.10 bits per heavy atom. The highest BCUT2D eigenvalue weighted by molar-refractivity contribution is 5.36. The maximum absolute atomic E-state index is 10.1. The van der Waals surface area contributed by atoms with Crippen LogP contribution < -0.4 is 0 Å². The van der Waals surface area contributed by atoms with E-state index in [1.54, 1.807) is 5.57 Å². The molecule has 1 heteroatoms. The summed E-state index contributed by atoms with van der Waals surface area (Å²) in [6.07, 6.45) is 18.2. The molecule has 0 radical (unpaired) electrons. The van der Waals surface area contributed by atoms with Gasteiger partial charge in [-0.2, -0.15) is 0 Å². The number of hydrogen-bond acceptors (Lipinski definition) is 1. The van der Waals surface area contributed by atoms with Crippen LogP contribution in [-0.4, -0.2) is 11.2 Å². The zero-order valence-corrected chi connectivity index (χ0v) is 20.6. The fourth-order valence-electron chi connectivity index (χ4n) is 7.30. The molecule has 0 aromatic carbocycles. The van der Waals surface area contributed by atoms with Crippen LogP contribution in [0.1, 0.15) is 105 Å². The number of rotatable bonds is 7. The summed E-state index contributed by atoms with van der Waals surface area (Å²) in [7, 11) is 0. The zero-order valence-electron chi connectivity index (χ0n) is 20.6. The molecule has 0 spiro atoms. The van der Waals surface area contributed by atoms with Gasteiger partial charge < -0.3 is 5.11 Å². The minimum Gasteiger partial charge on any atom is -0.393 e. The standard InChI is InChI=1S/C29H48O/c1-7-23(20(2)3)12-10-22(5)27-16-17-28-24(9-8-18-29(27,28)6)13-14-25-19-26(30)15-11-21(25)4/h13-14,20,22-23,26-28,30H,4,7-12,15-19H2,1-3,5-6H3/t22-,23+,26?,27-,28+,29-/m1/s1. The monoisotopic (exact) mass is 412 g/mol. The molecule has 1 nitrogen and oxygen atoms in total. The minimum absolute atomic E-state index is 0.175. The zero-order chi connectivity index (χ0) is 21.9. The maximum atomic E-state index is 10.1. The Balaban J connectivity index is 1.69. The number of hydrogen-bond donors (Lipinski definition) is 1. The first-order chi connectivity index (χ1) is 14.3. The van der Waals surface area contributed by atoms with Crippen molar-refractivity contribution in [1.82, 2.24) is 0 Å². The van der Waals surface area contributed by atoms with Gasteiger partial charge in [0.05, 0.1) is 6.10 Å². The van der Waals surface area contributed by atoms with E-state index in [4.69, 9.17) is 0 Å². The van der Waals surface area contributed by atoms with Gasteiger partial charge in [0, 0.05) is 0 Å². The predicted molar refractivity (Wildman–Crippen MR) is 130 cm³/mol. The van der Waals surface area contributed by atoms with Crippen LogP contribution in [0.4, 0.5) is 0 Å². The van der Waals surface area contributed by atoms with Gasteiger partial charge in [0.25, 0.3) is 0 Å². The van der Waals surface area contributed by atoms with Crippen LogP contribution in [0.25, 0.3) is 0 Å². The van der Waals surface area contributed by atoms with Crippen LogP contribution >= 0.6 is 0 Å². The lowest BCUT2D eigenvalue weighted by Crippen LogP contribution is -2.36. The average molecular weight is 413 g/mol. The van der Waals surface area contributed by atoms with Crippen molar-refractivity contribution in [3.63, 3.8) is 0 Å². The molecule has 0 heterocycles. The van der Waals surface area contributed by atoms with Gasteiger partial charge in [0.15, 0.2) is 0 Å². The minimum atomic E-state index is -0.175. The lowest BCUT2D eigenvalue weighted by molar-refractivity contribution is 0.0900. The van der Waals surface area contributed by atoms with Crippen LogP contribution in [0.5, 0.6) is 0 Å². The van der Waals surface area contributed by atoms with Crippen LogP contribution in [0.3, 0.4) is 0 Å². The number of fused-ring (bicyclic) bond motifs is 1. The lowest BCUT2D eigenvalue weighted by atomic mass is 9.60. The number of aliphatic hydroxyl groups is 1. The maximum Gasteiger partial charge on any atom is 0.0583 e. The summed E-state index contributed by atoms with van der Waals surface area (Å²) in [6.45, 7) is 16.6. The van der Waals surface area contributed by atoms with Crippen LogP contribution in [0.15, 0.2) is 35.5 Å². The Kier molecular flexibility index (Phi) is 8.10. The molecule has 3 aliphatic carbocycles. The summed E-state index contributed by atoms with van der Waals surface area (Å²) in [5, 5.41) is 10.1. The van der Waals surface area contributed by atoms with E-state index in [1.807, 2.05) is 0 Å². The van der Waals surface area contributed by atoms with E-state index in [9.17, 15) is 5.11 Å². The van der Waals surface area contributed by atoms with E-state index in [0.717, 1.165) is 48.9 Å². The van der Waals surface area contributed by atoms with Crippen molar-refractivity contribution in [3.8, 4) is 0 Å². The van der Waals surface area contributed by atoms with Crippen molar-refractivity contribution in [2.24, 2.45) is 35.0 Å². The lowest BCUT2D eigenvalue weighted by Gasteiger charge is -2.44. The molecular formula is C29H48O. The van der Waals surface area contributed by atoms with E-state index in [-0.39, 0.29) is 6.10 Å². The molecule has 0 saturated heterocycles. The summed E-state index contributed by atoms with van der Waals surface area (Å²) >= 11 is 0. The third-order valence-electron chi connectivity index (χ3n) is 9.37. The molecule has 0 bridgehead atoms. The molecule has 3 rings (SSSR count). The summed E-state index contributed by atoms with van der Waals surface area (Å²) in [5.41, 5.74) is 4.71. The van der Waals surface area contributed by atoms with Crippen molar-refractivity contribution in [3.05, 3.63) is 35.5 Å². The highest BCUT2D eigenvalue weighted by Crippen LogP contribution is 2.60. The Labute approximate surface area is 187 Å². The van der Waals surface area contributed by atoms with Gasteiger partial charge in [0.1, 0.15) is 0 Å². The Morgan fingerprint density at radius 2 is 1.87 bits per heavy atom. The molecule has 3 fully saturated rings. The van der Waals surface area contributed by atoms with Crippen molar-refractivity contribution in [2.75, 3.05) is 0 Å². The van der Waals surface area contributed by atoms with Crippen molar-refractivity contribution >= 4 is 0 Å². The summed E-state index contributed by atoms with van der Waals surface area (Å²) in [4.78, 5) is 0. The highest BCUT2D eigenvalue weighted by atomic mass is 16.3. The molecular weight excluding hydrogens is 364 g/mol. The van der Waals surface area contributed by atoms with Crippen molar-refractivity contribution in [2.45, 2.75) is 111 Å². The largest absolute Gasteiger partial charge is 0.393 e. The first-order valence-corrected chi connectivity index (χ1v) is 13.0. The molecule has 0 aliphatic heterocycles. The normalized spacial score (nSPS) is 37.0. The van der Waals surface area contributed by atoms with Gasteiger partial charge in [-0.1, -0.05) is 77.3 Å². The van der Waals surface area contributed by atoms with Gasteiger partial charge in [-0.25, -0.2) is 0 Å². The molecule has 1 N–H and O–H groups in total. The molecule has 30 heavy (non-hydrogen) atoms. The van der Waals surface area contributed by atoms with Crippen LogP contribution in [0.2, 0.25) is 0 Å². The van der Waals surface area contributed by atoms with Gasteiger partial charge >= 0.3 is 0 Å². The second kappa shape index (κ2) is 10.2. The van der Waals surface area contributed by atoms with E-state index >= 15 is 0 Å².